The van der Waals surface area contributed by atoms with Gasteiger partial charge >= 0.3 is 0 Å². The molecule has 6 rings (SSSR count). The zero-order valence-electron chi connectivity index (χ0n) is 25.4. The highest BCUT2D eigenvalue weighted by molar-refractivity contribution is 7.92. The minimum absolute atomic E-state index is 0.0148. The molecule has 13 nitrogen and oxygen atoms in total. The molecule has 1 aliphatic rings. The SMILES string of the molecule is CN(C)S(=O)(=O)c1ccc(S(=O)(=O)N2CCN(c3cnc4ccc(-c5cncc(NS(=O)(=O)c6ccccc6)c5)cc4n3)CC2)cc1. The van der Waals surface area contributed by atoms with Gasteiger partial charge in [-0.05, 0) is 60.2 Å². The van der Waals surface area contributed by atoms with E-state index in [0.29, 0.717) is 41.2 Å². The van der Waals surface area contributed by atoms with Gasteiger partial charge in [0.25, 0.3) is 10.0 Å². The Bertz CT molecular complexity index is 2260. The summed E-state index contributed by atoms with van der Waals surface area (Å²) in [6.45, 7) is 1.16. The molecular weight excluding hydrogens is 663 g/mol. The van der Waals surface area contributed by atoms with Crippen LogP contribution in [0, 0.1) is 0 Å². The zero-order valence-corrected chi connectivity index (χ0v) is 27.9. The maximum Gasteiger partial charge on any atom is 0.261 e. The van der Waals surface area contributed by atoms with Crippen molar-refractivity contribution in [3.8, 4) is 11.1 Å². The van der Waals surface area contributed by atoms with Crippen molar-refractivity contribution in [2.75, 3.05) is 49.9 Å². The summed E-state index contributed by atoms with van der Waals surface area (Å²) in [5.41, 5.74) is 3.02. The van der Waals surface area contributed by atoms with Gasteiger partial charge in [0.2, 0.25) is 20.0 Å². The maximum atomic E-state index is 13.3. The average molecular weight is 694 g/mol. The molecule has 47 heavy (non-hydrogen) atoms. The second-order valence-electron chi connectivity index (χ2n) is 11.0. The van der Waals surface area contributed by atoms with Crippen LogP contribution in [-0.2, 0) is 30.1 Å². The number of sulfonamides is 3. The van der Waals surface area contributed by atoms with Crippen LogP contribution in [0.4, 0.5) is 11.5 Å². The number of nitrogens with one attached hydrogen (secondary N) is 1. The van der Waals surface area contributed by atoms with E-state index in [4.69, 9.17) is 4.98 Å². The molecular formula is C31H31N7O6S3. The van der Waals surface area contributed by atoms with Gasteiger partial charge in [0.1, 0.15) is 5.82 Å². The Morgan fingerprint density at radius 2 is 1.36 bits per heavy atom. The molecule has 2 aromatic heterocycles. The van der Waals surface area contributed by atoms with Gasteiger partial charge in [0, 0.05) is 52.0 Å². The van der Waals surface area contributed by atoms with E-state index in [0.717, 1.165) is 9.87 Å². The number of aromatic nitrogens is 3. The van der Waals surface area contributed by atoms with Gasteiger partial charge < -0.3 is 4.90 Å². The van der Waals surface area contributed by atoms with Crippen molar-refractivity contribution < 1.29 is 25.3 Å². The van der Waals surface area contributed by atoms with Crippen molar-refractivity contribution in [3.05, 3.63) is 97.5 Å². The zero-order chi connectivity index (χ0) is 33.4. The van der Waals surface area contributed by atoms with Crippen LogP contribution in [0.2, 0.25) is 0 Å². The maximum absolute atomic E-state index is 13.3. The predicted octanol–water partition coefficient (Wildman–Crippen LogP) is 3.25. The first kappa shape index (κ1) is 32.5. The van der Waals surface area contributed by atoms with E-state index in [1.54, 1.807) is 36.7 Å². The third-order valence-corrected chi connectivity index (χ3v) is 12.8. The van der Waals surface area contributed by atoms with Gasteiger partial charge in [-0.3, -0.25) is 14.7 Å². The molecule has 1 fully saturated rings. The summed E-state index contributed by atoms with van der Waals surface area (Å²) in [6, 6.07) is 20.5. The number of fused-ring (bicyclic) bond motifs is 1. The van der Waals surface area contributed by atoms with Crippen molar-refractivity contribution in [1.29, 1.82) is 0 Å². The molecule has 16 heteroatoms. The van der Waals surface area contributed by atoms with E-state index in [1.807, 2.05) is 23.1 Å². The Morgan fingerprint density at radius 1 is 0.681 bits per heavy atom. The number of hydrogen-bond donors (Lipinski definition) is 1. The van der Waals surface area contributed by atoms with E-state index in [9.17, 15) is 25.3 Å². The van der Waals surface area contributed by atoms with E-state index in [1.165, 1.54) is 61.0 Å². The Kier molecular flexibility index (Phi) is 8.71. The van der Waals surface area contributed by atoms with Crippen molar-refractivity contribution in [3.63, 3.8) is 0 Å². The minimum atomic E-state index is -3.84. The molecule has 0 aliphatic carbocycles. The number of hydrogen-bond acceptors (Lipinski definition) is 10. The number of nitrogens with zero attached hydrogens (tertiary/aromatic N) is 6. The molecule has 0 unspecified atom stereocenters. The molecule has 0 bridgehead atoms. The second-order valence-corrected chi connectivity index (χ2v) is 16.7. The Labute approximate surface area is 273 Å². The van der Waals surface area contributed by atoms with Crippen LogP contribution in [0.1, 0.15) is 0 Å². The van der Waals surface area contributed by atoms with Gasteiger partial charge in [-0.1, -0.05) is 24.3 Å². The Morgan fingerprint density at radius 3 is 2.04 bits per heavy atom. The van der Waals surface area contributed by atoms with Crippen molar-refractivity contribution in [2.24, 2.45) is 0 Å². The fourth-order valence-corrected chi connectivity index (χ4v) is 8.48. The van der Waals surface area contributed by atoms with Gasteiger partial charge in [0.15, 0.2) is 0 Å². The van der Waals surface area contributed by atoms with Crippen molar-refractivity contribution >= 4 is 52.6 Å². The number of piperazine rings is 1. The summed E-state index contributed by atoms with van der Waals surface area (Å²) < 4.78 is 82.0. The third-order valence-electron chi connectivity index (χ3n) is 7.71. The lowest BCUT2D eigenvalue weighted by atomic mass is 10.1. The summed E-state index contributed by atoms with van der Waals surface area (Å²) in [5, 5.41) is 0. The largest absolute Gasteiger partial charge is 0.353 e. The molecule has 0 atom stereocenters. The summed E-state index contributed by atoms with van der Waals surface area (Å²) in [6.07, 6.45) is 4.72. The Hall–Kier alpha value is -4.48. The highest BCUT2D eigenvalue weighted by Gasteiger charge is 2.30. The first-order chi connectivity index (χ1) is 22.3. The molecule has 0 spiro atoms. The van der Waals surface area contributed by atoms with Gasteiger partial charge in [0.05, 0.1) is 43.8 Å². The summed E-state index contributed by atoms with van der Waals surface area (Å²) in [4.78, 5) is 15.7. The average Bonchev–Trinajstić information content (AvgIpc) is 3.08. The number of rotatable bonds is 9. The highest BCUT2D eigenvalue weighted by Crippen LogP contribution is 2.28. The normalized spacial score (nSPS) is 14.8. The first-order valence-electron chi connectivity index (χ1n) is 14.4. The van der Waals surface area contributed by atoms with E-state index in [2.05, 4.69) is 14.7 Å². The van der Waals surface area contributed by atoms with Crippen LogP contribution in [0.3, 0.4) is 0 Å². The van der Waals surface area contributed by atoms with Crippen LogP contribution in [0.5, 0.6) is 0 Å². The van der Waals surface area contributed by atoms with Crippen molar-refractivity contribution in [2.45, 2.75) is 14.7 Å². The highest BCUT2D eigenvalue weighted by atomic mass is 32.2. The molecule has 0 radical (unpaired) electrons. The minimum Gasteiger partial charge on any atom is -0.353 e. The number of benzene rings is 3. The number of pyridine rings is 1. The van der Waals surface area contributed by atoms with E-state index < -0.39 is 30.1 Å². The summed E-state index contributed by atoms with van der Waals surface area (Å²) in [7, 11) is -8.48. The summed E-state index contributed by atoms with van der Waals surface area (Å²) >= 11 is 0. The first-order valence-corrected chi connectivity index (χ1v) is 18.8. The van der Waals surface area contributed by atoms with Crippen molar-refractivity contribution in [1.82, 2.24) is 23.6 Å². The smallest absolute Gasteiger partial charge is 0.261 e. The van der Waals surface area contributed by atoms with Crippen LogP contribution in [0.25, 0.3) is 22.2 Å². The predicted molar refractivity (Wildman–Crippen MR) is 178 cm³/mol. The lowest BCUT2D eigenvalue weighted by molar-refractivity contribution is 0.384. The molecule has 244 valence electrons. The number of anilines is 2. The fraction of sp³-hybridized carbons (Fsp3) is 0.194. The van der Waals surface area contributed by atoms with Gasteiger partial charge in [-0.15, -0.1) is 0 Å². The van der Waals surface area contributed by atoms with Crippen LogP contribution in [-0.4, -0.2) is 89.1 Å². The third kappa shape index (κ3) is 6.68. The quantitative estimate of drug-likeness (QED) is 0.243. The molecule has 3 aromatic carbocycles. The molecule has 0 amide bonds. The molecule has 3 heterocycles. The molecule has 1 saturated heterocycles. The van der Waals surface area contributed by atoms with Crippen LogP contribution >= 0.6 is 0 Å². The monoisotopic (exact) mass is 693 g/mol. The molecule has 5 aromatic rings. The lowest BCUT2D eigenvalue weighted by Crippen LogP contribution is -2.48. The fourth-order valence-electron chi connectivity index (χ4n) is 5.10. The lowest BCUT2D eigenvalue weighted by Gasteiger charge is -2.34. The van der Waals surface area contributed by atoms with Crippen LogP contribution < -0.4 is 9.62 Å². The molecule has 0 saturated carbocycles. The molecule has 1 N–H and O–H groups in total. The van der Waals surface area contributed by atoms with E-state index in [-0.39, 0.29) is 27.8 Å². The standard InChI is InChI=1S/C31H31N7O6S3/c1-36(2)46(41,42)27-9-11-28(12-10-27)47(43,44)38-16-14-37(15-17-38)31-22-33-29-13-8-23(19-30(29)34-31)24-18-25(21-32-20-24)35-45(39,40)26-6-4-3-5-7-26/h3-13,18-22,35H,14-17H2,1-2H3. The Balaban J connectivity index is 1.17. The van der Waals surface area contributed by atoms with Gasteiger partial charge in [-0.2, -0.15) is 4.31 Å². The molecule has 1 aliphatic heterocycles. The van der Waals surface area contributed by atoms with Crippen LogP contribution in [0.15, 0.2) is 112 Å². The topological polar surface area (TPSA) is 163 Å². The second kappa shape index (κ2) is 12.6. The van der Waals surface area contributed by atoms with E-state index >= 15 is 0 Å². The van der Waals surface area contributed by atoms with Gasteiger partial charge in [-0.25, -0.2) is 34.5 Å². The summed E-state index contributed by atoms with van der Waals surface area (Å²) in [5.74, 6) is 0.590.